The first-order valence-corrected chi connectivity index (χ1v) is 9.82. The summed E-state index contributed by atoms with van der Waals surface area (Å²) in [6.07, 6.45) is 4.94. The van der Waals surface area contributed by atoms with Crippen LogP contribution in [0.4, 0.5) is 14.6 Å². The van der Waals surface area contributed by atoms with Crippen LogP contribution in [0.3, 0.4) is 0 Å². The minimum Gasteiger partial charge on any atom is -0.508 e. The van der Waals surface area contributed by atoms with E-state index in [0.717, 1.165) is 18.6 Å². The van der Waals surface area contributed by atoms with E-state index in [-0.39, 0.29) is 22.6 Å². The minimum absolute atomic E-state index is 0.0329. The van der Waals surface area contributed by atoms with Crippen molar-refractivity contribution in [1.29, 1.82) is 0 Å². The smallest absolute Gasteiger partial charge is 0.270 e. The molecule has 0 spiro atoms. The molecular formula is C22H20F2N6O2. The van der Waals surface area contributed by atoms with Crippen molar-refractivity contribution in [3.05, 3.63) is 77.6 Å². The second kappa shape index (κ2) is 8.75. The lowest BCUT2D eigenvalue weighted by molar-refractivity contribution is 0.0171. The molecule has 3 aromatic heterocycles. The van der Waals surface area contributed by atoms with Gasteiger partial charge in [-0.25, -0.2) is 28.7 Å². The predicted molar refractivity (Wildman–Crippen MR) is 113 cm³/mol. The van der Waals surface area contributed by atoms with Gasteiger partial charge < -0.3 is 15.5 Å². The number of rotatable bonds is 7. The van der Waals surface area contributed by atoms with E-state index in [1.54, 1.807) is 24.5 Å². The van der Waals surface area contributed by atoms with E-state index in [2.05, 4.69) is 30.2 Å². The van der Waals surface area contributed by atoms with Gasteiger partial charge >= 0.3 is 0 Å². The van der Waals surface area contributed by atoms with Crippen molar-refractivity contribution in [3.8, 4) is 5.75 Å². The molecule has 4 rings (SSSR count). The van der Waals surface area contributed by atoms with Crippen LogP contribution < -0.4 is 5.32 Å². The normalized spacial score (nSPS) is 12.6. The molecule has 0 aliphatic heterocycles. The van der Waals surface area contributed by atoms with Gasteiger partial charge in [0.05, 0.1) is 5.69 Å². The third kappa shape index (κ3) is 4.59. The maximum atomic E-state index is 13.6. The summed E-state index contributed by atoms with van der Waals surface area (Å²) in [6.45, 7) is 1.27. The molecule has 1 aromatic carbocycles. The van der Waals surface area contributed by atoms with Crippen molar-refractivity contribution in [1.82, 2.24) is 24.9 Å². The lowest BCUT2D eigenvalue weighted by Crippen LogP contribution is -2.10. The molecule has 0 amide bonds. The Balaban J connectivity index is 1.45. The Bertz CT molecular complexity index is 1240. The number of aliphatic hydroxyl groups excluding tert-OH is 1. The zero-order valence-electron chi connectivity index (χ0n) is 17.1. The number of halogens is 2. The van der Waals surface area contributed by atoms with Gasteiger partial charge in [-0.05, 0) is 30.2 Å². The molecule has 0 saturated heterocycles. The average Bonchev–Trinajstić information content (AvgIpc) is 2.78. The molecule has 0 aliphatic carbocycles. The summed E-state index contributed by atoms with van der Waals surface area (Å²) in [5.41, 5.74) is 1.81. The van der Waals surface area contributed by atoms with E-state index in [4.69, 9.17) is 0 Å². The van der Waals surface area contributed by atoms with Crippen LogP contribution in [0.1, 0.15) is 35.4 Å². The highest BCUT2D eigenvalue weighted by molar-refractivity contribution is 5.81. The standard InChI is InChI=1S/C22H20F2N6O2/c1-22(23,24)14-5-7-25-16(11-14)19(32)15-3-2-13(10-17(15)31)4-6-27-20-18-21(30-12-29-20)28-9-8-26-18/h2-3,5,7-12,19,31-32H,4,6H2,1H3,(H,27,28,29,30). The number of fused-ring (bicyclic) bond motifs is 1. The Morgan fingerprint density at radius 3 is 2.59 bits per heavy atom. The Labute approximate surface area is 182 Å². The molecule has 1 atom stereocenters. The molecule has 32 heavy (non-hydrogen) atoms. The fraction of sp³-hybridized carbons (Fsp3) is 0.227. The van der Waals surface area contributed by atoms with Crippen LogP contribution in [0.5, 0.6) is 5.75 Å². The molecule has 0 radical (unpaired) electrons. The summed E-state index contributed by atoms with van der Waals surface area (Å²) < 4.78 is 27.2. The van der Waals surface area contributed by atoms with Gasteiger partial charge in [0.15, 0.2) is 11.5 Å². The van der Waals surface area contributed by atoms with Gasteiger partial charge in [-0.1, -0.05) is 12.1 Å². The highest BCUT2D eigenvalue weighted by atomic mass is 19.3. The highest BCUT2D eigenvalue weighted by Crippen LogP contribution is 2.32. The number of anilines is 1. The van der Waals surface area contributed by atoms with Crippen molar-refractivity contribution >= 4 is 17.0 Å². The molecule has 3 N–H and O–H groups in total. The molecule has 164 valence electrons. The molecule has 3 heterocycles. The molecule has 0 aliphatic rings. The second-order valence-corrected chi connectivity index (χ2v) is 7.28. The van der Waals surface area contributed by atoms with Crippen LogP contribution in [-0.4, -0.2) is 41.7 Å². The number of alkyl halides is 2. The van der Waals surface area contributed by atoms with Crippen molar-refractivity contribution in [3.63, 3.8) is 0 Å². The lowest BCUT2D eigenvalue weighted by Gasteiger charge is -2.16. The maximum absolute atomic E-state index is 13.6. The van der Waals surface area contributed by atoms with Crippen LogP contribution >= 0.6 is 0 Å². The molecule has 10 heteroatoms. The van der Waals surface area contributed by atoms with Gasteiger partial charge in [0.1, 0.15) is 23.7 Å². The van der Waals surface area contributed by atoms with Crippen molar-refractivity contribution in [2.45, 2.75) is 25.4 Å². The summed E-state index contributed by atoms with van der Waals surface area (Å²) in [6, 6.07) is 7.15. The van der Waals surface area contributed by atoms with E-state index in [1.165, 1.54) is 24.7 Å². The third-order valence-corrected chi connectivity index (χ3v) is 4.93. The highest BCUT2D eigenvalue weighted by Gasteiger charge is 2.26. The molecule has 0 fully saturated rings. The Kier molecular flexibility index (Phi) is 5.87. The first-order valence-electron chi connectivity index (χ1n) is 9.82. The number of nitrogens with one attached hydrogen (secondary N) is 1. The second-order valence-electron chi connectivity index (χ2n) is 7.28. The Morgan fingerprint density at radius 1 is 1.00 bits per heavy atom. The van der Waals surface area contributed by atoms with Crippen LogP contribution in [-0.2, 0) is 12.3 Å². The van der Waals surface area contributed by atoms with Gasteiger partial charge in [-0.3, -0.25) is 4.98 Å². The van der Waals surface area contributed by atoms with Crippen LogP contribution in [0.2, 0.25) is 0 Å². The molecule has 1 unspecified atom stereocenters. The van der Waals surface area contributed by atoms with E-state index in [9.17, 15) is 19.0 Å². The van der Waals surface area contributed by atoms with Crippen LogP contribution in [0.25, 0.3) is 11.2 Å². The average molecular weight is 438 g/mol. The van der Waals surface area contributed by atoms with Crippen LogP contribution in [0.15, 0.2) is 55.2 Å². The monoisotopic (exact) mass is 438 g/mol. The number of phenolic OH excluding ortho intramolecular Hbond substituents is 1. The summed E-state index contributed by atoms with van der Waals surface area (Å²) in [7, 11) is 0. The van der Waals surface area contributed by atoms with E-state index < -0.39 is 12.0 Å². The third-order valence-electron chi connectivity index (χ3n) is 4.93. The number of pyridine rings is 1. The van der Waals surface area contributed by atoms with Gasteiger partial charge in [0.25, 0.3) is 5.92 Å². The summed E-state index contributed by atoms with van der Waals surface area (Å²) in [5.74, 6) is -2.65. The number of phenols is 1. The number of aromatic hydroxyl groups is 1. The summed E-state index contributed by atoms with van der Waals surface area (Å²) in [5, 5.41) is 24.2. The molecule has 0 bridgehead atoms. The van der Waals surface area contributed by atoms with Crippen molar-refractivity contribution in [2.75, 3.05) is 11.9 Å². The van der Waals surface area contributed by atoms with Gasteiger partial charge in [0, 0.05) is 43.2 Å². The zero-order chi connectivity index (χ0) is 22.7. The van der Waals surface area contributed by atoms with Crippen molar-refractivity contribution < 1.29 is 19.0 Å². The molecular weight excluding hydrogens is 418 g/mol. The zero-order valence-corrected chi connectivity index (χ0v) is 17.1. The Hall–Kier alpha value is -3.79. The number of hydrogen-bond acceptors (Lipinski definition) is 8. The SMILES string of the molecule is CC(F)(F)c1ccnc(C(O)c2ccc(CCNc3ncnc4nccnc34)cc2O)c1. The first kappa shape index (κ1) is 21.4. The van der Waals surface area contributed by atoms with Gasteiger partial charge in [-0.15, -0.1) is 0 Å². The van der Waals surface area contributed by atoms with Crippen LogP contribution in [0, 0.1) is 0 Å². The number of aromatic nitrogens is 5. The largest absolute Gasteiger partial charge is 0.508 e. The number of benzene rings is 1. The maximum Gasteiger partial charge on any atom is 0.270 e. The molecule has 4 aromatic rings. The predicted octanol–water partition coefficient (Wildman–Crippen LogP) is 3.37. The fourth-order valence-electron chi connectivity index (χ4n) is 3.26. The van der Waals surface area contributed by atoms with E-state index in [1.807, 2.05) is 0 Å². The van der Waals surface area contributed by atoms with Crippen molar-refractivity contribution in [2.24, 2.45) is 0 Å². The van der Waals surface area contributed by atoms with E-state index >= 15 is 0 Å². The van der Waals surface area contributed by atoms with Gasteiger partial charge in [0.2, 0.25) is 0 Å². The summed E-state index contributed by atoms with van der Waals surface area (Å²) in [4.78, 5) is 20.6. The quantitative estimate of drug-likeness (QED) is 0.402. The summed E-state index contributed by atoms with van der Waals surface area (Å²) >= 11 is 0. The minimum atomic E-state index is -3.06. The number of nitrogens with zero attached hydrogens (tertiary/aromatic N) is 5. The lowest BCUT2D eigenvalue weighted by atomic mass is 10.00. The topological polar surface area (TPSA) is 117 Å². The Morgan fingerprint density at radius 2 is 1.81 bits per heavy atom. The first-order chi connectivity index (χ1) is 15.3. The van der Waals surface area contributed by atoms with E-state index in [0.29, 0.717) is 29.9 Å². The molecule has 8 nitrogen and oxygen atoms in total. The number of hydrogen-bond donors (Lipinski definition) is 3. The molecule has 0 saturated carbocycles. The fourth-order valence-corrected chi connectivity index (χ4v) is 3.26. The number of aliphatic hydroxyl groups is 1. The van der Waals surface area contributed by atoms with Gasteiger partial charge in [-0.2, -0.15) is 0 Å².